The summed E-state index contributed by atoms with van der Waals surface area (Å²) in [4.78, 5) is 11.7. The minimum Gasteiger partial charge on any atom is -0.352 e. The molecule has 1 atom stereocenters. The molecule has 0 radical (unpaired) electrons. The van der Waals surface area contributed by atoms with Gasteiger partial charge in [-0.1, -0.05) is 32.8 Å². The van der Waals surface area contributed by atoms with Crippen LogP contribution in [0.15, 0.2) is 18.2 Å². The number of alkyl halides is 3. The Morgan fingerprint density at radius 2 is 2.00 bits per heavy atom. The first-order valence-electron chi connectivity index (χ1n) is 6.86. The van der Waals surface area contributed by atoms with Gasteiger partial charge in [0.1, 0.15) is 5.82 Å². The van der Waals surface area contributed by atoms with Crippen LogP contribution in [0.1, 0.15) is 44.2 Å². The van der Waals surface area contributed by atoms with Crippen molar-refractivity contribution in [2.45, 2.75) is 45.8 Å². The van der Waals surface area contributed by atoms with Crippen molar-refractivity contribution >= 4 is 5.91 Å². The van der Waals surface area contributed by atoms with Gasteiger partial charge in [-0.3, -0.25) is 4.79 Å². The Labute approximate surface area is 121 Å². The summed E-state index contributed by atoms with van der Waals surface area (Å²) in [7, 11) is 0. The Bertz CT molecular complexity index is 485. The van der Waals surface area contributed by atoms with Gasteiger partial charge in [-0.25, -0.2) is 4.39 Å². The maximum absolute atomic E-state index is 12.9. The van der Waals surface area contributed by atoms with Crippen LogP contribution in [0, 0.1) is 11.7 Å². The van der Waals surface area contributed by atoms with Crippen LogP contribution in [-0.2, 0) is 17.5 Å². The van der Waals surface area contributed by atoms with E-state index < -0.39 is 17.6 Å². The first-order chi connectivity index (χ1) is 9.74. The van der Waals surface area contributed by atoms with Gasteiger partial charge in [0.2, 0.25) is 5.91 Å². The summed E-state index contributed by atoms with van der Waals surface area (Å²) >= 11 is 0. The minimum absolute atomic E-state index is 0.139. The molecule has 6 heteroatoms. The van der Waals surface area contributed by atoms with Crippen molar-refractivity contribution in [2.24, 2.45) is 5.92 Å². The van der Waals surface area contributed by atoms with Gasteiger partial charge in [0, 0.05) is 13.0 Å². The fourth-order valence-corrected chi connectivity index (χ4v) is 2.14. The third-order valence-corrected chi connectivity index (χ3v) is 3.17. The van der Waals surface area contributed by atoms with E-state index in [2.05, 4.69) is 5.32 Å². The zero-order chi connectivity index (χ0) is 16.0. The lowest BCUT2D eigenvalue weighted by Gasteiger charge is -2.14. The molecule has 1 amide bonds. The third-order valence-electron chi connectivity index (χ3n) is 3.17. The van der Waals surface area contributed by atoms with Crippen molar-refractivity contribution in [3.05, 3.63) is 35.1 Å². The van der Waals surface area contributed by atoms with E-state index in [4.69, 9.17) is 0 Å². The molecular formula is C15H19F4NO. The highest BCUT2D eigenvalue weighted by Gasteiger charge is 2.33. The molecule has 0 aliphatic heterocycles. The van der Waals surface area contributed by atoms with E-state index in [0.717, 1.165) is 25.0 Å². The van der Waals surface area contributed by atoms with Crippen molar-refractivity contribution < 1.29 is 22.4 Å². The second kappa shape index (κ2) is 7.43. The van der Waals surface area contributed by atoms with Gasteiger partial charge < -0.3 is 5.32 Å². The summed E-state index contributed by atoms with van der Waals surface area (Å²) < 4.78 is 51.3. The van der Waals surface area contributed by atoms with Crippen molar-refractivity contribution in [3.63, 3.8) is 0 Å². The van der Waals surface area contributed by atoms with E-state index >= 15 is 0 Å². The molecule has 1 rings (SSSR count). The Hall–Kier alpha value is -1.59. The van der Waals surface area contributed by atoms with Crippen LogP contribution < -0.4 is 5.32 Å². The molecule has 0 aliphatic carbocycles. The van der Waals surface area contributed by atoms with Gasteiger partial charge >= 0.3 is 6.18 Å². The van der Waals surface area contributed by atoms with Gasteiger partial charge in [0.25, 0.3) is 0 Å². The van der Waals surface area contributed by atoms with Gasteiger partial charge in [-0.05, 0) is 23.6 Å². The number of carbonyl (C=O) groups is 1. The smallest absolute Gasteiger partial charge is 0.352 e. The van der Waals surface area contributed by atoms with Gasteiger partial charge in [0.15, 0.2) is 0 Å². The van der Waals surface area contributed by atoms with Gasteiger partial charge in [0.05, 0.1) is 5.56 Å². The van der Waals surface area contributed by atoms with Crippen LogP contribution in [-0.4, -0.2) is 5.91 Å². The fraction of sp³-hybridized carbons (Fsp3) is 0.533. The lowest BCUT2D eigenvalue weighted by molar-refractivity contribution is -0.138. The van der Waals surface area contributed by atoms with E-state index in [-0.39, 0.29) is 30.4 Å². The summed E-state index contributed by atoms with van der Waals surface area (Å²) in [5, 5.41) is 2.46. The van der Waals surface area contributed by atoms with E-state index in [1.807, 2.05) is 13.8 Å². The number of hydrogen-bond donors (Lipinski definition) is 1. The summed E-state index contributed by atoms with van der Waals surface area (Å²) in [6.07, 6.45) is -2.53. The number of halogens is 4. The molecule has 0 saturated carbocycles. The highest BCUT2D eigenvalue weighted by molar-refractivity contribution is 5.76. The summed E-state index contributed by atoms with van der Waals surface area (Å²) in [5.74, 6) is -1.06. The van der Waals surface area contributed by atoms with E-state index in [1.54, 1.807) is 0 Å². The molecule has 1 aromatic rings. The predicted octanol–water partition coefficient (Wildman–Crippen LogP) is 4.29. The summed E-state index contributed by atoms with van der Waals surface area (Å²) in [5.41, 5.74) is -1.19. The molecular weight excluding hydrogens is 286 g/mol. The second-order valence-electron chi connectivity index (χ2n) is 5.17. The molecule has 0 spiro atoms. The maximum atomic E-state index is 12.9. The molecule has 0 aromatic heterocycles. The highest BCUT2D eigenvalue weighted by atomic mass is 19.4. The number of nitrogens with one attached hydrogen (secondary N) is 1. The first-order valence-corrected chi connectivity index (χ1v) is 6.86. The van der Waals surface area contributed by atoms with E-state index in [9.17, 15) is 22.4 Å². The topological polar surface area (TPSA) is 29.1 Å². The Morgan fingerprint density at radius 3 is 2.57 bits per heavy atom. The van der Waals surface area contributed by atoms with Crippen LogP contribution in [0.3, 0.4) is 0 Å². The molecule has 0 bridgehead atoms. The van der Waals surface area contributed by atoms with Crippen LogP contribution in [0.4, 0.5) is 17.6 Å². The molecule has 21 heavy (non-hydrogen) atoms. The van der Waals surface area contributed by atoms with E-state index in [0.29, 0.717) is 6.07 Å². The van der Waals surface area contributed by atoms with Crippen LogP contribution in [0.25, 0.3) is 0 Å². The van der Waals surface area contributed by atoms with Crippen molar-refractivity contribution in [3.8, 4) is 0 Å². The Morgan fingerprint density at radius 1 is 1.33 bits per heavy atom. The third kappa shape index (κ3) is 5.73. The molecule has 0 fully saturated rings. The second-order valence-corrected chi connectivity index (χ2v) is 5.17. The molecule has 1 N–H and O–H groups in total. The highest BCUT2D eigenvalue weighted by Crippen LogP contribution is 2.32. The maximum Gasteiger partial charge on any atom is 0.416 e. The minimum atomic E-state index is -4.64. The molecule has 2 nitrogen and oxygen atoms in total. The zero-order valence-electron chi connectivity index (χ0n) is 12.1. The lowest BCUT2D eigenvalue weighted by Crippen LogP contribution is -2.26. The summed E-state index contributed by atoms with van der Waals surface area (Å²) in [6, 6.07) is 2.45. The SMILES string of the molecule is CCCC(C)CC(=O)NCc1ccc(F)cc1C(F)(F)F. The number of hydrogen-bond acceptors (Lipinski definition) is 1. The monoisotopic (exact) mass is 305 g/mol. The average molecular weight is 305 g/mol. The van der Waals surface area contributed by atoms with E-state index in [1.165, 1.54) is 0 Å². The standard InChI is InChI=1S/C15H19F4NO/c1-3-4-10(2)7-14(21)20-9-11-5-6-12(16)8-13(11)15(17,18)19/h5-6,8,10H,3-4,7,9H2,1-2H3,(H,20,21). The van der Waals surface area contributed by atoms with Crippen LogP contribution in [0.2, 0.25) is 0 Å². The molecule has 1 aromatic carbocycles. The van der Waals surface area contributed by atoms with Crippen molar-refractivity contribution in [1.29, 1.82) is 0 Å². The quantitative estimate of drug-likeness (QED) is 0.781. The number of benzene rings is 1. The summed E-state index contributed by atoms with van der Waals surface area (Å²) in [6.45, 7) is 3.66. The number of amides is 1. The van der Waals surface area contributed by atoms with Crippen molar-refractivity contribution in [2.75, 3.05) is 0 Å². The zero-order valence-corrected chi connectivity index (χ0v) is 12.1. The molecule has 1 unspecified atom stereocenters. The van der Waals surface area contributed by atoms with Crippen LogP contribution >= 0.6 is 0 Å². The molecule has 118 valence electrons. The predicted molar refractivity (Wildman–Crippen MR) is 71.9 cm³/mol. The number of carbonyl (C=O) groups excluding carboxylic acids is 1. The lowest BCUT2D eigenvalue weighted by atomic mass is 10.0. The molecule has 0 aliphatic rings. The van der Waals surface area contributed by atoms with Crippen molar-refractivity contribution in [1.82, 2.24) is 5.32 Å². The van der Waals surface area contributed by atoms with Crippen LogP contribution in [0.5, 0.6) is 0 Å². The Kier molecular flexibility index (Phi) is 6.18. The first kappa shape index (κ1) is 17.5. The van der Waals surface area contributed by atoms with Gasteiger partial charge in [-0.2, -0.15) is 13.2 Å². The largest absolute Gasteiger partial charge is 0.416 e. The molecule has 0 saturated heterocycles. The molecule has 0 heterocycles. The normalized spacial score (nSPS) is 13.0. The van der Waals surface area contributed by atoms with Gasteiger partial charge in [-0.15, -0.1) is 0 Å². The Balaban J connectivity index is 2.69. The average Bonchev–Trinajstić information content (AvgIpc) is 2.36. The fourth-order valence-electron chi connectivity index (χ4n) is 2.14. The number of rotatable bonds is 6.